The predicted octanol–water partition coefficient (Wildman–Crippen LogP) is 2.15. The maximum Gasteiger partial charge on any atom is 0.116 e. The Morgan fingerprint density at radius 2 is 1.57 bits per heavy atom. The van der Waals surface area contributed by atoms with Gasteiger partial charge in [-0.3, -0.25) is 0 Å². The molecule has 0 saturated heterocycles. The van der Waals surface area contributed by atoms with Crippen molar-refractivity contribution in [3.63, 3.8) is 0 Å². The lowest BCUT2D eigenvalue weighted by atomic mass is 10.2. The number of aldehydes is 1. The van der Waals surface area contributed by atoms with Crippen LogP contribution in [0.4, 0.5) is 0 Å². The molecular weight excluding hydrogens is 178 g/mol. The number of hydrogen-bond acceptors (Lipinski definition) is 3. The molecule has 0 atom stereocenters. The largest absolute Gasteiger partial charge is 0.309 e. The third-order valence-corrected chi connectivity index (χ3v) is 1.46. The van der Waals surface area contributed by atoms with E-state index in [1.165, 1.54) is 39.2 Å². The van der Waals surface area contributed by atoms with Gasteiger partial charge in [0.15, 0.2) is 0 Å². The molecule has 0 bridgehead atoms. The first-order valence-electron chi connectivity index (χ1n) is 5.02. The normalized spacial score (nSPS) is 8.07. The number of hydrogen-bond donors (Lipinski definition) is 0. The van der Waals surface area contributed by atoms with E-state index in [4.69, 9.17) is 9.59 Å². The van der Waals surface area contributed by atoms with Gasteiger partial charge < -0.3 is 14.5 Å². The van der Waals surface area contributed by atoms with Gasteiger partial charge in [0.25, 0.3) is 0 Å². The number of carbonyl (C=O) groups excluding carboxylic acids is 2. The highest BCUT2D eigenvalue weighted by atomic mass is 16.1. The van der Waals surface area contributed by atoms with Crippen LogP contribution in [0.15, 0.2) is 0 Å². The van der Waals surface area contributed by atoms with Crippen LogP contribution in [0.2, 0.25) is 0 Å². The van der Waals surface area contributed by atoms with E-state index < -0.39 is 0 Å². The minimum atomic E-state index is 0.750. The van der Waals surface area contributed by atoms with Crippen LogP contribution < -0.4 is 0 Å². The molecule has 0 aliphatic heterocycles. The van der Waals surface area contributed by atoms with Crippen molar-refractivity contribution in [2.45, 2.75) is 39.5 Å². The van der Waals surface area contributed by atoms with Gasteiger partial charge in [0.2, 0.25) is 0 Å². The average Bonchev–Trinajstić information content (AvgIpc) is 2.17. The molecule has 0 fully saturated rings. The summed E-state index contributed by atoms with van der Waals surface area (Å²) < 4.78 is 0. The third kappa shape index (κ3) is 42.7. The molecule has 0 aromatic heterocycles. The van der Waals surface area contributed by atoms with E-state index in [0.717, 1.165) is 6.29 Å². The van der Waals surface area contributed by atoms with Crippen LogP contribution in [-0.2, 0) is 9.59 Å². The molecule has 0 aliphatic rings. The lowest BCUT2D eigenvalue weighted by molar-refractivity contribution is -0.106. The Morgan fingerprint density at radius 1 is 1.14 bits per heavy atom. The Bertz CT molecular complexity index is 95.3. The topological polar surface area (TPSA) is 37.4 Å². The summed E-state index contributed by atoms with van der Waals surface area (Å²) in [5.41, 5.74) is 0. The quantitative estimate of drug-likeness (QED) is 0.507. The van der Waals surface area contributed by atoms with Crippen molar-refractivity contribution in [3.8, 4) is 0 Å². The molecule has 0 unspecified atom stereocenters. The molecule has 3 heteroatoms. The minimum absolute atomic E-state index is 0.750. The zero-order chi connectivity index (χ0) is 11.8. The van der Waals surface area contributed by atoms with E-state index in [-0.39, 0.29) is 0 Å². The molecule has 0 aromatic rings. The fourth-order valence-electron chi connectivity index (χ4n) is 0.855. The first-order chi connectivity index (χ1) is 6.68. The van der Waals surface area contributed by atoms with Gasteiger partial charge in [0.05, 0.1) is 0 Å². The molecular formula is C11H25NO2. The molecule has 86 valence electrons. The van der Waals surface area contributed by atoms with Gasteiger partial charge in [-0.1, -0.05) is 26.2 Å². The van der Waals surface area contributed by atoms with Crippen LogP contribution >= 0.6 is 0 Å². The predicted molar refractivity (Wildman–Crippen MR) is 61.6 cm³/mol. The molecule has 0 aliphatic carbocycles. The molecule has 0 N–H and O–H groups in total. The molecule has 0 saturated carbocycles. The van der Waals surface area contributed by atoms with Crippen molar-refractivity contribution in [1.29, 1.82) is 0 Å². The summed E-state index contributed by atoms with van der Waals surface area (Å²) in [5, 5.41) is 0. The average molecular weight is 203 g/mol. The summed E-state index contributed by atoms with van der Waals surface area (Å²) in [6.07, 6.45) is 6.25. The van der Waals surface area contributed by atoms with Crippen LogP contribution in [0.3, 0.4) is 0 Å². The zero-order valence-electron chi connectivity index (χ0n) is 10.1. The highest BCUT2D eigenvalue weighted by Crippen LogP contribution is 1.98. The summed E-state index contributed by atoms with van der Waals surface area (Å²) in [4.78, 5) is 19.1. The first-order valence-corrected chi connectivity index (χ1v) is 5.02. The number of unbranched alkanes of at least 4 members (excludes halogenated alkanes) is 3. The Kier molecular flexibility index (Phi) is 30.9. The molecule has 0 amide bonds. The van der Waals surface area contributed by atoms with E-state index in [2.05, 4.69) is 25.9 Å². The minimum Gasteiger partial charge on any atom is -0.309 e. The van der Waals surface area contributed by atoms with Crippen LogP contribution in [0.25, 0.3) is 0 Å². The lowest BCUT2D eigenvalue weighted by Crippen LogP contribution is -2.12. The van der Waals surface area contributed by atoms with Gasteiger partial charge >= 0.3 is 0 Å². The molecule has 0 aromatic carbocycles. The van der Waals surface area contributed by atoms with Gasteiger partial charge in [-0.05, 0) is 34.0 Å². The van der Waals surface area contributed by atoms with Crippen LogP contribution in [0.1, 0.15) is 39.5 Å². The zero-order valence-corrected chi connectivity index (χ0v) is 10.1. The van der Waals surface area contributed by atoms with Crippen molar-refractivity contribution < 1.29 is 9.59 Å². The number of rotatable bonds is 5. The standard InChI is InChI=1S/C8H19N.C2H4O.CH2O/c1-4-5-6-7-8-9(2)3;1-2-3;1-2/h4-8H2,1-3H3;2H,1H3;1H2. The maximum atomic E-state index is 8.81. The lowest BCUT2D eigenvalue weighted by Gasteiger charge is -2.07. The highest BCUT2D eigenvalue weighted by Gasteiger charge is 1.88. The first kappa shape index (κ1) is 19.0. The van der Waals surface area contributed by atoms with Crippen molar-refractivity contribution in [2.75, 3.05) is 20.6 Å². The second-order valence-electron chi connectivity index (χ2n) is 3.10. The monoisotopic (exact) mass is 203 g/mol. The Morgan fingerprint density at radius 3 is 1.86 bits per heavy atom. The Balaban J connectivity index is -0.000000205. The number of nitrogens with zero attached hydrogens (tertiary/aromatic N) is 1. The molecule has 0 radical (unpaired) electrons. The van der Waals surface area contributed by atoms with Crippen molar-refractivity contribution in [2.24, 2.45) is 0 Å². The van der Waals surface area contributed by atoms with E-state index in [1.807, 2.05) is 6.79 Å². The summed E-state index contributed by atoms with van der Waals surface area (Å²) >= 11 is 0. The molecule has 3 nitrogen and oxygen atoms in total. The second-order valence-corrected chi connectivity index (χ2v) is 3.10. The van der Waals surface area contributed by atoms with E-state index in [1.54, 1.807) is 0 Å². The Labute approximate surface area is 88.5 Å². The van der Waals surface area contributed by atoms with Gasteiger partial charge in [-0.2, -0.15) is 0 Å². The molecule has 0 spiro atoms. The molecule has 14 heavy (non-hydrogen) atoms. The van der Waals surface area contributed by atoms with Crippen molar-refractivity contribution in [3.05, 3.63) is 0 Å². The van der Waals surface area contributed by atoms with Gasteiger partial charge in [0.1, 0.15) is 13.1 Å². The van der Waals surface area contributed by atoms with E-state index in [9.17, 15) is 0 Å². The van der Waals surface area contributed by atoms with Crippen LogP contribution in [0, 0.1) is 0 Å². The van der Waals surface area contributed by atoms with E-state index in [0.29, 0.717) is 0 Å². The van der Waals surface area contributed by atoms with Crippen molar-refractivity contribution >= 4 is 13.1 Å². The fraction of sp³-hybridized carbons (Fsp3) is 0.818. The summed E-state index contributed by atoms with van der Waals surface area (Å²) in [5.74, 6) is 0. The SMILES string of the molecule is C=O.CC=O.CCCCCCN(C)C. The molecule has 0 rings (SSSR count). The smallest absolute Gasteiger partial charge is 0.116 e. The van der Waals surface area contributed by atoms with Gasteiger partial charge in [-0.15, -0.1) is 0 Å². The fourth-order valence-corrected chi connectivity index (χ4v) is 0.855. The highest BCUT2D eigenvalue weighted by molar-refractivity contribution is 5.44. The van der Waals surface area contributed by atoms with Crippen molar-refractivity contribution in [1.82, 2.24) is 4.90 Å². The van der Waals surface area contributed by atoms with Gasteiger partial charge in [-0.25, -0.2) is 0 Å². The number of carbonyl (C=O) groups is 2. The van der Waals surface area contributed by atoms with Gasteiger partial charge in [0, 0.05) is 0 Å². The van der Waals surface area contributed by atoms with Crippen LogP contribution in [-0.4, -0.2) is 38.6 Å². The summed E-state index contributed by atoms with van der Waals surface area (Å²) in [7, 11) is 4.26. The third-order valence-electron chi connectivity index (χ3n) is 1.46. The Hall–Kier alpha value is -0.700. The maximum absolute atomic E-state index is 8.81. The van der Waals surface area contributed by atoms with Crippen LogP contribution in [0.5, 0.6) is 0 Å². The van der Waals surface area contributed by atoms with E-state index >= 15 is 0 Å². The second kappa shape index (κ2) is 22.8. The summed E-state index contributed by atoms with van der Waals surface area (Å²) in [6, 6.07) is 0. The molecule has 0 heterocycles. The summed E-state index contributed by atoms with van der Waals surface area (Å²) in [6.45, 7) is 6.94.